The van der Waals surface area contributed by atoms with Gasteiger partial charge in [0.25, 0.3) is 0 Å². The summed E-state index contributed by atoms with van der Waals surface area (Å²) < 4.78 is 25.8. The molecule has 0 saturated heterocycles. The Bertz CT molecular complexity index is 481. The van der Waals surface area contributed by atoms with Crippen molar-refractivity contribution in [3.8, 4) is 0 Å². The van der Waals surface area contributed by atoms with Gasteiger partial charge in [-0.25, -0.2) is 14.0 Å². The van der Waals surface area contributed by atoms with Crippen molar-refractivity contribution < 1.29 is 28.2 Å². The first-order chi connectivity index (χ1) is 12.1. The maximum absolute atomic E-state index is 14.3. The lowest BCUT2D eigenvalue weighted by atomic mass is 10.1. The molecule has 0 heterocycles. The van der Waals surface area contributed by atoms with Gasteiger partial charge in [0.2, 0.25) is 8.32 Å². The van der Waals surface area contributed by atoms with E-state index in [4.69, 9.17) is 9.16 Å². The van der Waals surface area contributed by atoms with Crippen LogP contribution < -0.4 is 5.32 Å². The van der Waals surface area contributed by atoms with E-state index in [1.165, 1.54) is 6.92 Å². The summed E-state index contributed by atoms with van der Waals surface area (Å²) in [5.74, 6) is -1.29. The number of ether oxygens (including phenoxy) is 1. The zero-order chi connectivity index (χ0) is 21.7. The molecule has 0 saturated carbocycles. The number of amides is 1. The van der Waals surface area contributed by atoms with Gasteiger partial charge in [-0.05, 0) is 44.3 Å². The van der Waals surface area contributed by atoms with Crippen LogP contribution in [0.25, 0.3) is 0 Å². The van der Waals surface area contributed by atoms with E-state index in [0.717, 1.165) is 0 Å². The summed E-state index contributed by atoms with van der Waals surface area (Å²) >= 11 is 0. The van der Waals surface area contributed by atoms with Gasteiger partial charge in [0.15, 0.2) is 6.10 Å². The van der Waals surface area contributed by atoms with Crippen LogP contribution in [0.5, 0.6) is 0 Å². The summed E-state index contributed by atoms with van der Waals surface area (Å²) in [7, 11) is -2.60. The molecule has 0 aliphatic carbocycles. The SMILES string of the molecule is CC(C)[Si](O[C@@H](C(=O)O)[C@@H](NC(=O)OC(C)(C)C)[C@H](C)F)(C(C)C)C(C)C. The number of alkyl halides is 1. The molecule has 8 heteroatoms. The highest BCUT2D eigenvalue weighted by Gasteiger charge is 2.50. The number of halogens is 1. The molecule has 0 spiro atoms. The van der Waals surface area contributed by atoms with Crippen LogP contribution in [-0.4, -0.2) is 49.4 Å². The molecule has 0 aliphatic rings. The number of rotatable bonds is 9. The summed E-state index contributed by atoms with van der Waals surface area (Å²) in [6.07, 6.45) is -3.98. The van der Waals surface area contributed by atoms with Gasteiger partial charge in [-0.3, -0.25) is 0 Å². The highest BCUT2D eigenvalue weighted by atomic mass is 28.4. The molecule has 0 aromatic carbocycles. The highest BCUT2D eigenvalue weighted by molar-refractivity contribution is 6.77. The monoisotopic (exact) mass is 407 g/mol. The zero-order valence-corrected chi connectivity index (χ0v) is 19.4. The predicted octanol–water partition coefficient (Wildman–Crippen LogP) is 4.88. The second-order valence-electron chi connectivity index (χ2n) is 9.04. The smallest absolute Gasteiger partial charge is 0.408 e. The minimum atomic E-state index is -2.60. The Morgan fingerprint density at radius 1 is 0.963 bits per heavy atom. The number of carboxylic acid groups (broad SMARTS) is 1. The molecule has 0 rings (SSSR count). The Balaban J connectivity index is 5.87. The Morgan fingerprint density at radius 3 is 1.63 bits per heavy atom. The molecule has 6 nitrogen and oxygen atoms in total. The van der Waals surface area contributed by atoms with Crippen molar-refractivity contribution in [3.63, 3.8) is 0 Å². The molecular weight excluding hydrogens is 369 g/mol. The van der Waals surface area contributed by atoms with Crippen LogP contribution in [0.15, 0.2) is 0 Å². The number of nitrogens with one attached hydrogen (secondary N) is 1. The van der Waals surface area contributed by atoms with Gasteiger partial charge in [-0.1, -0.05) is 41.5 Å². The molecule has 3 atom stereocenters. The van der Waals surface area contributed by atoms with Gasteiger partial charge in [-0.2, -0.15) is 0 Å². The molecular formula is C19H38FNO5Si. The maximum Gasteiger partial charge on any atom is 0.408 e. The fourth-order valence-corrected chi connectivity index (χ4v) is 9.28. The molecule has 0 radical (unpaired) electrons. The fraction of sp³-hybridized carbons (Fsp3) is 0.895. The van der Waals surface area contributed by atoms with Gasteiger partial charge in [0.1, 0.15) is 11.8 Å². The Kier molecular flexibility index (Phi) is 9.44. The van der Waals surface area contributed by atoms with E-state index in [9.17, 15) is 19.1 Å². The number of aliphatic carboxylic acids is 1. The van der Waals surface area contributed by atoms with Crippen molar-refractivity contribution >= 4 is 20.4 Å². The molecule has 2 N–H and O–H groups in total. The third-order valence-corrected chi connectivity index (χ3v) is 10.9. The van der Waals surface area contributed by atoms with Crippen LogP contribution in [0.2, 0.25) is 16.6 Å². The van der Waals surface area contributed by atoms with Crippen molar-refractivity contribution in [2.45, 2.75) is 110 Å². The highest BCUT2D eigenvalue weighted by Crippen LogP contribution is 2.43. The van der Waals surface area contributed by atoms with Crippen molar-refractivity contribution in [3.05, 3.63) is 0 Å². The molecule has 27 heavy (non-hydrogen) atoms. The van der Waals surface area contributed by atoms with E-state index < -0.39 is 44.3 Å². The summed E-state index contributed by atoms with van der Waals surface area (Å²) in [5, 5.41) is 12.2. The second kappa shape index (κ2) is 9.86. The van der Waals surface area contributed by atoms with Gasteiger partial charge < -0.3 is 19.6 Å². The first-order valence-electron chi connectivity index (χ1n) is 9.60. The van der Waals surface area contributed by atoms with E-state index in [1.807, 2.05) is 41.5 Å². The topological polar surface area (TPSA) is 84.9 Å². The molecule has 0 unspecified atom stereocenters. The number of carboxylic acids is 1. The van der Waals surface area contributed by atoms with Gasteiger partial charge in [0.05, 0.1) is 6.04 Å². The summed E-state index contributed by atoms with van der Waals surface area (Å²) in [5.41, 5.74) is -0.413. The van der Waals surface area contributed by atoms with Gasteiger partial charge >= 0.3 is 12.1 Å². The minimum Gasteiger partial charge on any atom is -0.479 e. The summed E-state index contributed by atoms with van der Waals surface area (Å²) in [6.45, 7) is 18.3. The van der Waals surface area contributed by atoms with E-state index >= 15 is 0 Å². The van der Waals surface area contributed by atoms with E-state index in [1.54, 1.807) is 20.8 Å². The maximum atomic E-state index is 14.3. The molecule has 160 valence electrons. The number of hydrogen-bond donors (Lipinski definition) is 2. The Hall–Kier alpha value is -1.15. The van der Waals surface area contributed by atoms with Crippen molar-refractivity contribution in [1.29, 1.82) is 0 Å². The lowest BCUT2D eigenvalue weighted by Gasteiger charge is -2.45. The Morgan fingerprint density at radius 2 is 1.37 bits per heavy atom. The van der Waals surface area contributed by atoms with Crippen LogP contribution in [0.1, 0.15) is 69.2 Å². The molecule has 0 aromatic rings. The van der Waals surface area contributed by atoms with Crippen LogP contribution in [-0.2, 0) is 14.0 Å². The fourth-order valence-electron chi connectivity index (χ4n) is 3.78. The average Bonchev–Trinajstić information content (AvgIpc) is 2.42. The van der Waals surface area contributed by atoms with Crippen LogP contribution in [0.4, 0.5) is 9.18 Å². The van der Waals surface area contributed by atoms with Crippen molar-refractivity contribution in [2.75, 3.05) is 0 Å². The van der Waals surface area contributed by atoms with Crippen molar-refractivity contribution in [1.82, 2.24) is 5.32 Å². The third-order valence-electron chi connectivity index (χ3n) is 4.79. The number of hydrogen-bond acceptors (Lipinski definition) is 4. The number of alkyl carbamates (subject to hydrolysis) is 1. The van der Waals surface area contributed by atoms with Crippen LogP contribution in [0.3, 0.4) is 0 Å². The first-order valence-corrected chi connectivity index (χ1v) is 11.7. The predicted molar refractivity (Wildman–Crippen MR) is 107 cm³/mol. The molecule has 0 bridgehead atoms. The van der Waals surface area contributed by atoms with E-state index in [0.29, 0.717) is 0 Å². The van der Waals surface area contributed by atoms with Crippen LogP contribution in [0, 0.1) is 0 Å². The molecule has 0 aliphatic heterocycles. The average molecular weight is 408 g/mol. The summed E-state index contributed by atoms with van der Waals surface area (Å²) in [6, 6.07) is -1.35. The van der Waals surface area contributed by atoms with Gasteiger partial charge in [0, 0.05) is 0 Å². The van der Waals surface area contributed by atoms with E-state index in [-0.39, 0.29) is 16.6 Å². The standard InChI is InChI=1S/C19H38FNO5Si/c1-11(2)27(12(3)4,13(5)6)26-16(17(22)23)15(14(7)20)21-18(24)25-19(8,9)10/h11-16H,1-10H3,(H,21,24)(H,22,23)/t14-,15-,16+/m0/s1. The van der Waals surface area contributed by atoms with Gasteiger partial charge in [-0.15, -0.1) is 0 Å². The third kappa shape index (κ3) is 7.06. The lowest BCUT2D eigenvalue weighted by Crippen LogP contribution is -2.60. The zero-order valence-electron chi connectivity index (χ0n) is 18.4. The normalized spacial score (nSPS) is 16.4. The minimum absolute atomic E-state index is 0.122. The number of carbonyl (C=O) groups excluding carboxylic acids is 1. The second-order valence-corrected chi connectivity index (χ2v) is 14.5. The Labute approximate surface area is 164 Å². The number of carbonyl (C=O) groups is 2. The van der Waals surface area contributed by atoms with Crippen molar-refractivity contribution in [2.24, 2.45) is 0 Å². The lowest BCUT2D eigenvalue weighted by molar-refractivity contribution is -0.148. The first kappa shape index (κ1) is 25.8. The molecule has 0 aromatic heterocycles. The quantitative estimate of drug-likeness (QED) is 0.532. The summed E-state index contributed by atoms with van der Waals surface area (Å²) in [4.78, 5) is 24.1. The largest absolute Gasteiger partial charge is 0.479 e. The van der Waals surface area contributed by atoms with E-state index in [2.05, 4.69) is 5.32 Å². The molecule has 1 amide bonds. The molecule has 0 fully saturated rings. The van der Waals surface area contributed by atoms with Crippen LogP contribution >= 0.6 is 0 Å².